The minimum absolute atomic E-state index is 0.242. The van der Waals surface area contributed by atoms with Crippen LogP contribution in [0.1, 0.15) is 32.6 Å². The zero-order valence-corrected chi connectivity index (χ0v) is 8.18. The number of hydrogen-bond acceptors (Lipinski definition) is 2. The summed E-state index contributed by atoms with van der Waals surface area (Å²) in [6, 6.07) is -0.242. The van der Waals surface area contributed by atoms with Crippen LogP contribution in [0.5, 0.6) is 0 Å². The molecule has 0 aromatic heterocycles. The quantitative estimate of drug-likeness (QED) is 0.760. The average molecular weight is 211 g/mol. The number of nitrogens with two attached hydrogens (primary N) is 1. The van der Waals surface area contributed by atoms with Crippen molar-refractivity contribution in [2.75, 3.05) is 0 Å². The molecule has 1 aliphatic carbocycles. The van der Waals surface area contributed by atoms with Crippen LogP contribution in [-0.2, 0) is 4.74 Å². The molecule has 1 rings (SSSR count). The van der Waals surface area contributed by atoms with Crippen LogP contribution in [0.15, 0.2) is 0 Å². The molecule has 3 unspecified atom stereocenters. The number of hydrogen-bond donors (Lipinski definition) is 1. The highest BCUT2D eigenvalue weighted by Gasteiger charge is 2.39. The fraction of sp³-hybridized carbons (Fsp3) is 1.00. The summed E-state index contributed by atoms with van der Waals surface area (Å²) in [6.07, 6.45) is -3.13. The molecule has 1 aliphatic rings. The monoisotopic (exact) mass is 211 g/mol. The van der Waals surface area contributed by atoms with E-state index < -0.39 is 18.4 Å². The van der Waals surface area contributed by atoms with Crippen molar-refractivity contribution in [3.63, 3.8) is 0 Å². The lowest BCUT2D eigenvalue weighted by molar-refractivity contribution is -0.230. The fourth-order valence-corrected chi connectivity index (χ4v) is 1.63. The van der Waals surface area contributed by atoms with Crippen molar-refractivity contribution >= 4 is 0 Å². The molecular weight excluding hydrogens is 195 g/mol. The molecule has 3 atom stereocenters. The van der Waals surface area contributed by atoms with Gasteiger partial charge in [0.15, 0.2) is 6.10 Å². The Morgan fingerprint density at radius 2 is 1.86 bits per heavy atom. The predicted octanol–water partition coefficient (Wildman–Crippen LogP) is 2.22. The van der Waals surface area contributed by atoms with E-state index >= 15 is 0 Å². The van der Waals surface area contributed by atoms with Crippen LogP contribution in [0, 0.1) is 0 Å². The van der Waals surface area contributed by atoms with Crippen LogP contribution >= 0.6 is 0 Å². The Labute approximate surface area is 81.6 Å². The van der Waals surface area contributed by atoms with Gasteiger partial charge in [-0.15, -0.1) is 0 Å². The van der Waals surface area contributed by atoms with E-state index in [0.717, 1.165) is 26.2 Å². The second-order valence-electron chi connectivity index (χ2n) is 3.81. The lowest BCUT2D eigenvalue weighted by Crippen LogP contribution is -2.44. The smallest absolute Gasteiger partial charge is 0.364 e. The molecule has 1 fully saturated rings. The lowest BCUT2D eigenvalue weighted by atomic mass is 9.93. The van der Waals surface area contributed by atoms with Gasteiger partial charge in [0, 0.05) is 6.04 Å². The predicted molar refractivity (Wildman–Crippen MR) is 46.8 cm³/mol. The summed E-state index contributed by atoms with van der Waals surface area (Å²) in [6.45, 7) is 1.03. The van der Waals surface area contributed by atoms with Crippen LogP contribution in [-0.4, -0.2) is 24.4 Å². The van der Waals surface area contributed by atoms with Gasteiger partial charge in [-0.05, 0) is 19.8 Å². The van der Waals surface area contributed by atoms with E-state index in [-0.39, 0.29) is 6.04 Å². The van der Waals surface area contributed by atoms with Gasteiger partial charge in [0.2, 0.25) is 0 Å². The van der Waals surface area contributed by atoms with Crippen LogP contribution < -0.4 is 5.73 Å². The SMILES string of the molecule is CC(OC1CCCCC1N)C(F)(F)F. The number of ether oxygens (including phenoxy) is 1. The molecule has 5 heteroatoms. The van der Waals surface area contributed by atoms with Crippen LogP contribution in [0.25, 0.3) is 0 Å². The first-order valence-corrected chi connectivity index (χ1v) is 4.89. The molecule has 0 aromatic rings. The molecule has 1 saturated carbocycles. The summed E-state index contributed by atoms with van der Waals surface area (Å²) in [7, 11) is 0. The Balaban J connectivity index is 2.42. The minimum Gasteiger partial charge on any atom is -0.364 e. The third-order valence-electron chi connectivity index (χ3n) is 2.59. The van der Waals surface area contributed by atoms with Gasteiger partial charge in [-0.3, -0.25) is 0 Å². The Bertz CT molecular complexity index is 183. The third kappa shape index (κ3) is 3.13. The average Bonchev–Trinajstić information content (AvgIpc) is 2.07. The Morgan fingerprint density at radius 3 is 2.36 bits per heavy atom. The van der Waals surface area contributed by atoms with E-state index in [1.54, 1.807) is 0 Å². The van der Waals surface area contributed by atoms with Crippen molar-refractivity contribution in [3.8, 4) is 0 Å². The topological polar surface area (TPSA) is 35.2 Å². The van der Waals surface area contributed by atoms with E-state index in [2.05, 4.69) is 0 Å². The largest absolute Gasteiger partial charge is 0.414 e. The molecule has 0 aromatic carbocycles. The van der Waals surface area contributed by atoms with Crippen molar-refractivity contribution in [1.82, 2.24) is 0 Å². The highest BCUT2D eigenvalue weighted by molar-refractivity contribution is 4.80. The van der Waals surface area contributed by atoms with Crippen molar-refractivity contribution in [2.45, 2.75) is 57.0 Å². The van der Waals surface area contributed by atoms with E-state index in [4.69, 9.17) is 10.5 Å². The highest BCUT2D eigenvalue weighted by Crippen LogP contribution is 2.27. The molecule has 0 saturated heterocycles. The van der Waals surface area contributed by atoms with Crippen LogP contribution in [0.2, 0.25) is 0 Å². The summed E-state index contributed by atoms with van der Waals surface area (Å²) in [4.78, 5) is 0. The van der Waals surface area contributed by atoms with Gasteiger partial charge in [-0.2, -0.15) is 13.2 Å². The maximum atomic E-state index is 12.2. The molecule has 0 heterocycles. The summed E-state index contributed by atoms with van der Waals surface area (Å²) in [5, 5.41) is 0. The molecule has 84 valence electrons. The summed E-state index contributed by atoms with van der Waals surface area (Å²) < 4.78 is 41.4. The van der Waals surface area contributed by atoms with E-state index in [1.807, 2.05) is 0 Å². The zero-order valence-electron chi connectivity index (χ0n) is 8.18. The highest BCUT2D eigenvalue weighted by atomic mass is 19.4. The zero-order chi connectivity index (χ0) is 10.8. The summed E-state index contributed by atoms with van der Waals surface area (Å²) in [5.74, 6) is 0. The molecule has 0 radical (unpaired) electrons. The molecular formula is C9H16F3NO. The molecule has 2 N–H and O–H groups in total. The Morgan fingerprint density at radius 1 is 1.29 bits per heavy atom. The fourth-order valence-electron chi connectivity index (χ4n) is 1.63. The first-order chi connectivity index (χ1) is 6.41. The number of alkyl halides is 3. The molecule has 0 amide bonds. The summed E-state index contributed by atoms with van der Waals surface area (Å²) >= 11 is 0. The second-order valence-corrected chi connectivity index (χ2v) is 3.81. The first-order valence-electron chi connectivity index (χ1n) is 4.89. The first kappa shape index (κ1) is 11.8. The number of rotatable bonds is 2. The summed E-state index contributed by atoms with van der Waals surface area (Å²) in [5.41, 5.74) is 5.68. The second kappa shape index (κ2) is 4.49. The van der Waals surface area contributed by atoms with Crippen molar-refractivity contribution in [2.24, 2.45) is 5.73 Å². The van der Waals surface area contributed by atoms with Crippen LogP contribution in [0.3, 0.4) is 0 Å². The van der Waals surface area contributed by atoms with Gasteiger partial charge in [0.1, 0.15) is 0 Å². The Kier molecular flexibility index (Phi) is 3.78. The molecule has 2 nitrogen and oxygen atoms in total. The molecule has 0 spiro atoms. The number of halogens is 3. The Hall–Kier alpha value is -0.290. The molecule has 14 heavy (non-hydrogen) atoms. The normalized spacial score (nSPS) is 31.5. The van der Waals surface area contributed by atoms with Gasteiger partial charge >= 0.3 is 6.18 Å². The molecule has 0 aliphatic heterocycles. The van der Waals surface area contributed by atoms with Crippen molar-refractivity contribution < 1.29 is 17.9 Å². The maximum Gasteiger partial charge on any atom is 0.414 e. The standard InChI is InChI=1S/C9H16F3NO/c1-6(9(10,11)12)14-8-5-3-2-4-7(8)13/h6-8H,2-5,13H2,1H3. The molecule has 0 bridgehead atoms. The van der Waals surface area contributed by atoms with Crippen LogP contribution in [0.4, 0.5) is 13.2 Å². The lowest BCUT2D eigenvalue weighted by Gasteiger charge is -2.31. The van der Waals surface area contributed by atoms with E-state index in [0.29, 0.717) is 6.42 Å². The van der Waals surface area contributed by atoms with E-state index in [1.165, 1.54) is 0 Å². The van der Waals surface area contributed by atoms with Gasteiger partial charge in [0.05, 0.1) is 6.10 Å². The van der Waals surface area contributed by atoms with Gasteiger partial charge in [-0.1, -0.05) is 12.8 Å². The van der Waals surface area contributed by atoms with Gasteiger partial charge in [-0.25, -0.2) is 0 Å². The van der Waals surface area contributed by atoms with Crippen molar-refractivity contribution in [1.29, 1.82) is 0 Å². The third-order valence-corrected chi connectivity index (χ3v) is 2.59. The van der Waals surface area contributed by atoms with Gasteiger partial charge < -0.3 is 10.5 Å². The maximum absolute atomic E-state index is 12.2. The van der Waals surface area contributed by atoms with E-state index in [9.17, 15) is 13.2 Å². The van der Waals surface area contributed by atoms with Crippen molar-refractivity contribution in [3.05, 3.63) is 0 Å². The minimum atomic E-state index is -4.28. The van der Waals surface area contributed by atoms with Gasteiger partial charge in [0.25, 0.3) is 0 Å².